The Hall–Kier alpha value is -2.86. The number of thioether (sulfide) groups is 1. The second kappa shape index (κ2) is 13.6. The summed E-state index contributed by atoms with van der Waals surface area (Å²) in [6, 6.07) is 9.45. The minimum absolute atomic E-state index is 0.137. The molecule has 3 heterocycles. The first-order valence-corrected chi connectivity index (χ1v) is 14.1. The highest BCUT2D eigenvalue weighted by Gasteiger charge is 2.15. The first-order valence-electron chi connectivity index (χ1n) is 11.9. The molecule has 1 saturated heterocycles. The van der Waals surface area contributed by atoms with Gasteiger partial charge in [0.1, 0.15) is 17.4 Å². The number of pyridine rings is 1. The third kappa shape index (κ3) is 8.06. The minimum Gasteiger partial charge on any atom is -0.445 e. The van der Waals surface area contributed by atoms with Crippen LogP contribution in [0.15, 0.2) is 47.3 Å². The van der Waals surface area contributed by atoms with E-state index in [-0.39, 0.29) is 6.61 Å². The maximum Gasteiger partial charge on any atom is 0.411 e. The molecular formula is C25H29ClN6O3S2. The SMILES string of the molecule is C=CCOC(=O)Nc1ccc(Cl)c(CNc2cc(N3CCOCC3)cc(CSc3nnc(CC)s3)n2)c1. The zero-order valence-corrected chi connectivity index (χ0v) is 22.9. The molecule has 2 N–H and O–H groups in total. The number of hydrogen-bond acceptors (Lipinski definition) is 10. The average Bonchev–Trinajstić information content (AvgIpc) is 3.39. The molecule has 1 aliphatic rings. The number of benzene rings is 1. The molecule has 0 bridgehead atoms. The van der Waals surface area contributed by atoms with Gasteiger partial charge in [-0.1, -0.05) is 54.3 Å². The summed E-state index contributed by atoms with van der Waals surface area (Å²) in [6.45, 7) is 9.23. The van der Waals surface area contributed by atoms with Crippen molar-refractivity contribution in [3.05, 3.63) is 64.3 Å². The van der Waals surface area contributed by atoms with Crippen LogP contribution in [0, 0.1) is 0 Å². The molecule has 1 aliphatic heterocycles. The van der Waals surface area contributed by atoms with Crippen LogP contribution in [-0.2, 0) is 28.2 Å². The van der Waals surface area contributed by atoms with E-state index < -0.39 is 6.09 Å². The number of morpholine rings is 1. The number of amides is 1. The highest BCUT2D eigenvalue weighted by atomic mass is 35.5. The van der Waals surface area contributed by atoms with Crippen LogP contribution in [0.5, 0.6) is 0 Å². The lowest BCUT2D eigenvalue weighted by molar-refractivity contribution is 0.122. The first kappa shape index (κ1) is 27.2. The summed E-state index contributed by atoms with van der Waals surface area (Å²) in [5.74, 6) is 1.42. The maximum atomic E-state index is 11.9. The van der Waals surface area contributed by atoms with Crippen LogP contribution in [0.25, 0.3) is 0 Å². The number of carbonyl (C=O) groups excluding carboxylic acids is 1. The van der Waals surface area contributed by atoms with Crippen LogP contribution in [0.4, 0.5) is 22.0 Å². The standard InChI is InChI=1S/C25H29ClN6O3S2/c1-3-9-35-24(33)29-18-5-6-21(26)17(12-18)15-27-22-14-20(32-7-10-34-11-8-32)13-19(28-22)16-36-25-31-30-23(4-2)37-25/h3,5-6,12-14H,1,4,7-11,15-16H2,2H3,(H,27,28)(H,29,33). The van der Waals surface area contributed by atoms with Gasteiger partial charge in [-0.05, 0) is 36.2 Å². The highest BCUT2D eigenvalue weighted by molar-refractivity contribution is 8.00. The van der Waals surface area contributed by atoms with Crippen LogP contribution in [0.2, 0.25) is 5.02 Å². The van der Waals surface area contributed by atoms with Crippen LogP contribution >= 0.6 is 34.7 Å². The third-order valence-corrected chi connectivity index (χ3v) is 8.02. The zero-order valence-electron chi connectivity index (χ0n) is 20.5. The van der Waals surface area contributed by atoms with Crippen molar-refractivity contribution < 1.29 is 14.3 Å². The van der Waals surface area contributed by atoms with Crippen molar-refractivity contribution in [2.75, 3.05) is 48.4 Å². The topological polar surface area (TPSA) is 102 Å². The van der Waals surface area contributed by atoms with Crippen molar-refractivity contribution in [1.29, 1.82) is 0 Å². The number of aromatic nitrogens is 3. The van der Waals surface area contributed by atoms with E-state index >= 15 is 0 Å². The predicted octanol–water partition coefficient (Wildman–Crippen LogP) is 5.62. The Morgan fingerprint density at radius 2 is 2.14 bits per heavy atom. The van der Waals surface area contributed by atoms with Gasteiger partial charge in [0.15, 0.2) is 4.34 Å². The Morgan fingerprint density at radius 1 is 1.30 bits per heavy atom. The third-order valence-electron chi connectivity index (χ3n) is 5.42. The number of anilines is 3. The molecule has 196 valence electrons. The molecule has 4 rings (SSSR count). The maximum absolute atomic E-state index is 11.9. The van der Waals surface area contributed by atoms with Gasteiger partial charge in [-0.3, -0.25) is 5.32 Å². The molecule has 0 saturated carbocycles. The van der Waals surface area contributed by atoms with E-state index in [1.54, 1.807) is 35.2 Å². The number of hydrogen-bond donors (Lipinski definition) is 2. The molecule has 0 unspecified atom stereocenters. The Labute approximate surface area is 229 Å². The van der Waals surface area contributed by atoms with Crippen molar-refractivity contribution in [3.63, 3.8) is 0 Å². The van der Waals surface area contributed by atoms with Gasteiger partial charge in [0.2, 0.25) is 0 Å². The minimum atomic E-state index is -0.551. The van der Waals surface area contributed by atoms with Crippen molar-refractivity contribution in [2.45, 2.75) is 30.0 Å². The molecule has 3 aromatic rings. The molecule has 0 radical (unpaired) electrons. The van der Waals surface area contributed by atoms with Crippen LogP contribution < -0.4 is 15.5 Å². The summed E-state index contributed by atoms with van der Waals surface area (Å²) in [6.07, 6.45) is 1.84. The Balaban J connectivity index is 1.48. The number of ether oxygens (including phenoxy) is 2. The van der Waals surface area contributed by atoms with E-state index in [0.717, 1.165) is 51.6 Å². The molecule has 1 fully saturated rings. The van der Waals surface area contributed by atoms with Gasteiger partial charge in [-0.2, -0.15) is 0 Å². The molecule has 1 amide bonds. The van der Waals surface area contributed by atoms with Crippen LogP contribution in [0.3, 0.4) is 0 Å². The van der Waals surface area contributed by atoms with Gasteiger partial charge in [0.25, 0.3) is 0 Å². The van der Waals surface area contributed by atoms with E-state index in [2.05, 4.69) is 45.3 Å². The van der Waals surface area contributed by atoms with Gasteiger partial charge in [0, 0.05) is 47.9 Å². The molecule has 0 spiro atoms. The second-order valence-corrected chi connectivity index (χ2v) is 10.8. The number of halogens is 1. The van der Waals surface area contributed by atoms with E-state index in [1.165, 1.54) is 6.08 Å². The van der Waals surface area contributed by atoms with Gasteiger partial charge < -0.3 is 19.7 Å². The lowest BCUT2D eigenvalue weighted by atomic mass is 10.2. The Kier molecular flexibility index (Phi) is 10.0. The highest BCUT2D eigenvalue weighted by Crippen LogP contribution is 2.29. The predicted molar refractivity (Wildman–Crippen MR) is 150 cm³/mol. The summed E-state index contributed by atoms with van der Waals surface area (Å²) in [7, 11) is 0. The monoisotopic (exact) mass is 560 g/mol. The number of aryl methyl sites for hydroxylation is 1. The summed E-state index contributed by atoms with van der Waals surface area (Å²) in [5, 5.41) is 16.2. The quantitative estimate of drug-likeness (QED) is 0.228. The first-order chi connectivity index (χ1) is 18.0. The molecule has 0 aliphatic carbocycles. The van der Waals surface area contributed by atoms with Gasteiger partial charge in [-0.25, -0.2) is 9.78 Å². The molecular weight excluding hydrogens is 532 g/mol. The summed E-state index contributed by atoms with van der Waals surface area (Å²) in [5.41, 5.74) is 3.44. The van der Waals surface area contributed by atoms with E-state index in [9.17, 15) is 4.79 Å². The van der Waals surface area contributed by atoms with Crippen LogP contribution in [-0.4, -0.2) is 54.2 Å². The van der Waals surface area contributed by atoms with Gasteiger partial charge >= 0.3 is 6.09 Å². The number of nitrogens with one attached hydrogen (secondary N) is 2. The zero-order chi connectivity index (χ0) is 26.0. The molecule has 0 atom stereocenters. The fourth-order valence-electron chi connectivity index (χ4n) is 3.58. The van der Waals surface area contributed by atoms with Crippen molar-refractivity contribution in [3.8, 4) is 0 Å². The molecule has 9 nitrogen and oxygen atoms in total. The van der Waals surface area contributed by atoms with Gasteiger partial charge in [0.05, 0.1) is 18.9 Å². The smallest absolute Gasteiger partial charge is 0.411 e. The van der Waals surface area contributed by atoms with E-state index in [4.69, 9.17) is 26.1 Å². The molecule has 12 heteroatoms. The Morgan fingerprint density at radius 3 is 2.89 bits per heavy atom. The Bertz CT molecular complexity index is 1220. The number of rotatable bonds is 11. The lowest BCUT2D eigenvalue weighted by Crippen LogP contribution is -2.36. The van der Waals surface area contributed by atoms with Crippen LogP contribution in [0.1, 0.15) is 23.2 Å². The fourth-order valence-corrected chi connectivity index (χ4v) is 5.49. The average molecular weight is 561 g/mol. The molecule has 37 heavy (non-hydrogen) atoms. The fraction of sp³-hybridized carbons (Fsp3) is 0.360. The summed E-state index contributed by atoms with van der Waals surface area (Å²) < 4.78 is 11.5. The molecule has 1 aromatic carbocycles. The number of nitrogens with zero attached hydrogens (tertiary/aromatic N) is 4. The van der Waals surface area contributed by atoms with E-state index in [1.807, 2.05) is 12.1 Å². The van der Waals surface area contributed by atoms with Crippen molar-refractivity contribution >= 4 is 58.0 Å². The van der Waals surface area contributed by atoms with Gasteiger partial charge in [-0.15, -0.1) is 10.2 Å². The lowest BCUT2D eigenvalue weighted by Gasteiger charge is -2.29. The number of carbonyl (C=O) groups is 1. The summed E-state index contributed by atoms with van der Waals surface area (Å²) in [4.78, 5) is 19.0. The molecule has 2 aromatic heterocycles. The normalized spacial score (nSPS) is 13.3. The van der Waals surface area contributed by atoms with E-state index in [0.29, 0.717) is 36.2 Å². The largest absolute Gasteiger partial charge is 0.445 e. The second-order valence-electron chi connectivity index (χ2n) is 8.08. The van der Waals surface area contributed by atoms with Crippen molar-refractivity contribution in [1.82, 2.24) is 15.2 Å². The van der Waals surface area contributed by atoms with Crippen molar-refractivity contribution in [2.24, 2.45) is 0 Å². The summed E-state index contributed by atoms with van der Waals surface area (Å²) >= 11 is 9.70.